The summed E-state index contributed by atoms with van der Waals surface area (Å²) in [7, 11) is 4.03. The number of likely N-dealkylation sites (N-methyl/N-ethyl adjacent to an activating group) is 1. The van der Waals surface area contributed by atoms with Crippen molar-refractivity contribution in [2.24, 2.45) is 0 Å². The van der Waals surface area contributed by atoms with Crippen molar-refractivity contribution in [3.8, 4) is 5.75 Å². The summed E-state index contributed by atoms with van der Waals surface area (Å²) < 4.78 is 46.8. The van der Waals surface area contributed by atoms with Gasteiger partial charge in [-0.2, -0.15) is 13.2 Å². The van der Waals surface area contributed by atoms with Crippen LogP contribution in [0, 0.1) is 0 Å². The fraction of sp³-hybridized carbons (Fsp3) is 0.625. The van der Waals surface area contributed by atoms with Crippen molar-refractivity contribution in [2.75, 3.05) is 46.9 Å². The number of ether oxygens (including phenoxy) is 2. The van der Waals surface area contributed by atoms with Crippen LogP contribution in [0.25, 0.3) is 0 Å². The first-order valence-corrected chi connectivity index (χ1v) is 7.59. The van der Waals surface area contributed by atoms with Crippen LogP contribution in [-0.2, 0) is 11.3 Å². The van der Waals surface area contributed by atoms with Gasteiger partial charge < -0.3 is 14.4 Å². The van der Waals surface area contributed by atoms with Gasteiger partial charge in [0.1, 0.15) is 5.75 Å². The maximum Gasteiger partial charge on any atom is 0.422 e. The SMILES string of the molecule is CN(C)CC1CN(Cc2ccc(OCC(F)(F)F)cc2)CCO1. The molecule has 1 saturated heterocycles. The van der Waals surface area contributed by atoms with Crippen LogP contribution in [-0.4, -0.2) is 69.0 Å². The molecule has 0 amide bonds. The molecular weight excluding hydrogens is 309 g/mol. The Morgan fingerprint density at radius 3 is 2.57 bits per heavy atom. The molecule has 1 heterocycles. The molecule has 0 saturated carbocycles. The number of rotatable bonds is 6. The van der Waals surface area contributed by atoms with Gasteiger partial charge in [-0.25, -0.2) is 0 Å². The van der Waals surface area contributed by atoms with E-state index in [-0.39, 0.29) is 11.9 Å². The van der Waals surface area contributed by atoms with E-state index in [2.05, 4.69) is 9.80 Å². The molecule has 0 spiro atoms. The highest BCUT2D eigenvalue weighted by molar-refractivity contribution is 5.27. The summed E-state index contributed by atoms with van der Waals surface area (Å²) in [6.45, 7) is 2.78. The summed E-state index contributed by atoms with van der Waals surface area (Å²) in [6, 6.07) is 6.78. The molecule has 1 aromatic rings. The smallest absolute Gasteiger partial charge is 0.422 e. The molecule has 0 aliphatic carbocycles. The fourth-order valence-corrected chi connectivity index (χ4v) is 2.56. The molecule has 0 radical (unpaired) electrons. The monoisotopic (exact) mass is 332 g/mol. The van der Waals surface area contributed by atoms with Crippen LogP contribution in [0.4, 0.5) is 13.2 Å². The summed E-state index contributed by atoms with van der Waals surface area (Å²) in [5, 5.41) is 0. The Kier molecular flexibility index (Phi) is 6.26. The first-order valence-electron chi connectivity index (χ1n) is 7.59. The Hall–Kier alpha value is -1.31. The lowest BCUT2D eigenvalue weighted by atomic mass is 10.1. The van der Waals surface area contributed by atoms with E-state index in [9.17, 15) is 13.2 Å². The van der Waals surface area contributed by atoms with E-state index in [0.717, 1.165) is 31.7 Å². The van der Waals surface area contributed by atoms with E-state index in [1.807, 2.05) is 26.2 Å². The second kappa shape index (κ2) is 7.99. The minimum atomic E-state index is -4.31. The van der Waals surface area contributed by atoms with Crippen LogP contribution in [0.5, 0.6) is 5.75 Å². The van der Waals surface area contributed by atoms with Crippen molar-refractivity contribution >= 4 is 0 Å². The zero-order chi connectivity index (χ0) is 16.9. The third-order valence-electron chi connectivity index (χ3n) is 3.52. The van der Waals surface area contributed by atoms with Crippen LogP contribution in [0.3, 0.4) is 0 Å². The Labute approximate surface area is 134 Å². The lowest BCUT2D eigenvalue weighted by Gasteiger charge is -2.34. The van der Waals surface area contributed by atoms with Gasteiger partial charge in [-0.1, -0.05) is 12.1 Å². The second-order valence-corrected chi connectivity index (χ2v) is 6.04. The number of alkyl halides is 3. The maximum atomic E-state index is 12.1. The minimum Gasteiger partial charge on any atom is -0.484 e. The molecule has 1 atom stereocenters. The highest BCUT2D eigenvalue weighted by Gasteiger charge is 2.28. The minimum absolute atomic E-state index is 0.188. The Bertz CT molecular complexity index is 477. The second-order valence-electron chi connectivity index (χ2n) is 6.04. The van der Waals surface area contributed by atoms with Crippen molar-refractivity contribution in [1.29, 1.82) is 0 Å². The Balaban J connectivity index is 1.83. The van der Waals surface area contributed by atoms with Gasteiger partial charge >= 0.3 is 6.18 Å². The van der Waals surface area contributed by atoms with E-state index < -0.39 is 12.8 Å². The number of morpholine rings is 1. The normalized spacial score (nSPS) is 20.0. The first kappa shape index (κ1) is 18.0. The van der Waals surface area contributed by atoms with Gasteiger partial charge in [0.25, 0.3) is 0 Å². The highest BCUT2D eigenvalue weighted by atomic mass is 19.4. The summed E-state index contributed by atoms with van der Waals surface area (Å²) >= 11 is 0. The molecule has 2 rings (SSSR count). The molecular formula is C16H23F3N2O2. The van der Waals surface area contributed by atoms with Crippen LogP contribution in [0.1, 0.15) is 5.56 Å². The van der Waals surface area contributed by atoms with E-state index in [4.69, 9.17) is 9.47 Å². The van der Waals surface area contributed by atoms with Crippen LogP contribution >= 0.6 is 0 Å². The number of benzene rings is 1. The van der Waals surface area contributed by atoms with Gasteiger partial charge in [-0.15, -0.1) is 0 Å². The zero-order valence-corrected chi connectivity index (χ0v) is 13.5. The molecule has 1 aromatic carbocycles. The highest BCUT2D eigenvalue weighted by Crippen LogP contribution is 2.19. The molecule has 7 heteroatoms. The Morgan fingerprint density at radius 2 is 1.96 bits per heavy atom. The van der Waals surface area contributed by atoms with Gasteiger partial charge in [-0.05, 0) is 31.8 Å². The standard InChI is InChI=1S/C16H23F3N2O2/c1-20(2)10-15-11-21(7-8-22-15)9-13-3-5-14(6-4-13)23-12-16(17,18)19/h3-6,15H,7-12H2,1-2H3. The van der Waals surface area contributed by atoms with E-state index in [1.54, 1.807) is 12.1 Å². The molecule has 4 nitrogen and oxygen atoms in total. The van der Waals surface area contributed by atoms with Crippen molar-refractivity contribution in [2.45, 2.75) is 18.8 Å². The average Bonchev–Trinajstić information content (AvgIpc) is 2.45. The molecule has 1 unspecified atom stereocenters. The lowest BCUT2D eigenvalue weighted by Crippen LogP contribution is -2.45. The van der Waals surface area contributed by atoms with Crippen LogP contribution in [0.15, 0.2) is 24.3 Å². The molecule has 0 aromatic heterocycles. The fourth-order valence-electron chi connectivity index (χ4n) is 2.56. The number of hydrogen-bond acceptors (Lipinski definition) is 4. The van der Waals surface area contributed by atoms with Crippen molar-refractivity contribution in [1.82, 2.24) is 9.80 Å². The summed E-state index contributed by atoms with van der Waals surface area (Å²) in [6.07, 6.45) is -4.12. The van der Waals surface area contributed by atoms with Crippen LogP contribution < -0.4 is 4.74 Å². The van der Waals surface area contributed by atoms with Crippen molar-refractivity contribution < 1.29 is 22.6 Å². The number of halogens is 3. The van der Waals surface area contributed by atoms with Crippen molar-refractivity contribution in [3.63, 3.8) is 0 Å². The summed E-state index contributed by atoms with van der Waals surface area (Å²) in [5.74, 6) is 0.235. The molecule has 1 aliphatic rings. The maximum absolute atomic E-state index is 12.1. The molecule has 0 N–H and O–H groups in total. The molecule has 1 aliphatic heterocycles. The Morgan fingerprint density at radius 1 is 1.26 bits per heavy atom. The molecule has 1 fully saturated rings. The predicted molar refractivity (Wildman–Crippen MR) is 81.6 cm³/mol. The number of hydrogen-bond donors (Lipinski definition) is 0. The molecule has 0 bridgehead atoms. The molecule has 130 valence electrons. The van der Waals surface area contributed by atoms with E-state index >= 15 is 0 Å². The van der Waals surface area contributed by atoms with Gasteiger partial charge in [-0.3, -0.25) is 4.90 Å². The third kappa shape index (κ3) is 6.76. The quantitative estimate of drug-likeness (QED) is 0.799. The third-order valence-corrected chi connectivity index (χ3v) is 3.52. The summed E-state index contributed by atoms with van der Waals surface area (Å²) in [4.78, 5) is 4.39. The van der Waals surface area contributed by atoms with Gasteiger partial charge in [0, 0.05) is 26.2 Å². The van der Waals surface area contributed by atoms with E-state index in [1.165, 1.54) is 0 Å². The van der Waals surface area contributed by atoms with E-state index in [0.29, 0.717) is 6.61 Å². The largest absolute Gasteiger partial charge is 0.484 e. The van der Waals surface area contributed by atoms with Gasteiger partial charge in [0.05, 0.1) is 12.7 Å². The lowest BCUT2D eigenvalue weighted by molar-refractivity contribution is -0.153. The molecule has 23 heavy (non-hydrogen) atoms. The van der Waals surface area contributed by atoms with Gasteiger partial charge in [0.2, 0.25) is 0 Å². The predicted octanol–water partition coefficient (Wildman–Crippen LogP) is 2.39. The van der Waals surface area contributed by atoms with Crippen LogP contribution in [0.2, 0.25) is 0 Å². The average molecular weight is 332 g/mol. The number of nitrogens with zero attached hydrogens (tertiary/aromatic N) is 2. The van der Waals surface area contributed by atoms with Crippen molar-refractivity contribution in [3.05, 3.63) is 29.8 Å². The zero-order valence-electron chi connectivity index (χ0n) is 13.5. The van der Waals surface area contributed by atoms with Gasteiger partial charge in [0.15, 0.2) is 6.61 Å². The topological polar surface area (TPSA) is 24.9 Å². The first-order chi connectivity index (χ1) is 10.8. The summed E-state index contributed by atoms with van der Waals surface area (Å²) in [5.41, 5.74) is 1.05.